The molecule has 12 atom stereocenters. The fourth-order valence-corrected chi connectivity index (χ4v) is 5.01. The van der Waals surface area contributed by atoms with Crippen molar-refractivity contribution in [3.63, 3.8) is 0 Å². The van der Waals surface area contributed by atoms with Gasteiger partial charge in [0.25, 0.3) is 0 Å². The molecule has 30 heavy (non-hydrogen) atoms. The third-order valence-corrected chi connectivity index (χ3v) is 6.82. The third-order valence-electron chi connectivity index (χ3n) is 6.82. The molecule has 0 aliphatic carbocycles. The van der Waals surface area contributed by atoms with E-state index in [1.54, 1.807) is 0 Å². The lowest BCUT2D eigenvalue weighted by Gasteiger charge is -2.10. The van der Waals surface area contributed by atoms with E-state index in [1.165, 1.54) is 0 Å². The van der Waals surface area contributed by atoms with Crippen LogP contribution in [0.2, 0.25) is 0 Å². The van der Waals surface area contributed by atoms with Gasteiger partial charge in [0.15, 0.2) is 0 Å². The SMILES string of the molecule is C[C@@H]1CO[C@H]2[C@@H]1OC[C@H]2O.C[C@H]1CO[C@H]2[C@@H]1OC[C@@H]2O.C[C@H]1CO[C@H]2[C@@H]1OC[C@H]2O. The monoisotopic (exact) mass is 432 g/mol. The van der Waals surface area contributed by atoms with Gasteiger partial charge in [-0.2, -0.15) is 0 Å². The Morgan fingerprint density at radius 1 is 0.400 bits per heavy atom. The van der Waals surface area contributed by atoms with Crippen molar-refractivity contribution in [2.45, 2.75) is 75.7 Å². The van der Waals surface area contributed by atoms with Gasteiger partial charge in [-0.15, -0.1) is 0 Å². The molecular weight excluding hydrogens is 396 g/mol. The topological polar surface area (TPSA) is 116 Å². The molecule has 0 amide bonds. The molecule has 0 aromatic carbocycles. The van der Waals surface area contributed by atoms with E-state index >= 15 is 0 Å². The van der Waals surface area contributed by atoms with E-state index in [9.17, 15) is 15.3 Å². The van der Waals surface area contributed by atoms with Crippen molar-refractivity contribution in [3.8, 4) is 0 Å². The number of hydrogen-bond acceptors (Lipinski definition) is 9. The first-order valence-electron chi connectivity index (χ1n) is 11.1. The number of rotatable bonds is 0. The predicted molar refractivity (Wildman–Crippen MR) is 104 cm³/mol. The summed E-state index contributed by atoms with van der Waals surface area (Å²) in [6.07, 6.45) is -0.875. The highest BCUT2D eigenvalue weighted by Gasteiger charge is 2.46. The first-order valence-corrected chi connectivity index (χ1v) is 11.1. The van der Waals surface area contributed by atoms with E-state index in [2.05, 4.69) is 20.8 Å². The van der Waals surface area contributed by atoms with Gasteiger partial charge in [0.1, 0.15) is 36.6 Å². The molecular formula is C21H36O9. The highest BCUT2D eigenvalue weighted by atomic mass is 16.6. The number of hydrogen-bond donors (Lipinski definition) is 3. The van der Waals surface area contributed by atoms with Crippen molar-refractivity contribution in [2.75, 3.05) is 39.6 Å². The Hall–Kier alpha value is -0.360. The van der Waals surface area contributed by atoms with Crippen LogP contribution in [0.25, 0.3) is 0 Å². The smallest absolute Gasteiger partial charge is 0.112 e. The van der Waals surface area contributed by atoms with Gasteiger partial charge in [0.05, 0.1) is 58.0 Å². The highest BCUT2D eigenvalue weighted by Crippen LogP contribution is 2.32. The average molecular weight is 433 g/mol. The summed E-state index contributed by atoms with van der Waals surface area (Å²) in [6, 6.07) is 0. The van der Waals surface area contributed by atoms with Crippen molar-refractivity contribution in [2.24, 2.45) is 17.8 Å². The van der Waals surface area contributed by atoms with Crippen LogP contribution < -0.4 is 0 Å². The quantitative estimate of drug-likeness (QED) is 0.459. The van der Waals surface area contributed by atoms with Crippen molar-refractivity contribution < 1.29 is 43.7 Å². The number of ether oxygens (including phenoxy) is 6. The largest absolute Gasteiger partial charge is 0.388 e. The molecule has 6 fully saturated rings. The first-order chi connectivity index (χ1) is 14.4. The normalized spacial score (nSPS) is 53.4. The average Bonchev–Trinajstić information content (AvgIpc) is 3.52. The van der Waals surface area contributed by atoms with E-state index in [-0.39, 0.29) is 36.6 Å². The number of aliphatic hydroxyl groups is 3. The Bertz CT molecular complexity index is 439. The van der Waals surface area contributed by atoms with Crippen LogP contribution >= 0.6 is 0 Å². The van der Waals surface area contributed by atoms with Gasteiger partial charge in [0.2, 0.25) is 0 Å². The van der Waals surface area contributed by atoms with E-state index in [4.69, 9.17) is 28.4 Å². The second kappa shape index (κ2) is 9.64. The third kappa shape index (κ3) is 4.55. The molecule has 6 aliphatic rings. The summed E-state index contributed by atoms with van der Waals surface area (Å²) in [5, 5.41) is 27.8. The molecule has 3 N–H and O–H groups in total. The first kappa shape index (κ1) is 22.8. The summed E-state index contributed by atoms with van der Waals surface area (Å²) in [5.41, 5.74) is 0. The summed E-state index contributed by atoms with van der Waals surface area (Å²) in [7, 11) is 0. The number of aliphatic hydroxyl groups excluding tert-OH is 3. The Labute approximate surface area is 177 Å². The van der Waals surface area contributed by atoms with Crippen LogP contribution in [-0.2, 0) is 28.4 Å². The maximum absolute atomic E-state index is 9.27. The maximum atomic E-state index is 9.27. The fourth-order valence-electron chi connectivity index (χ4n) is 5.01. The molecule has 0 aromatic rings. The van der Waals surface area contributed by atoms with E-state index in [1.807, 2.05) is 0 Å². The minimum atomic E-state index is -0.394. The van der Waals surface area contributed by atoms with Gasteiger partial charge in [-0.1, -0.05) is 20.8 Å². The summed E-state index contributed by atoms with van der Waals surface area (Å²) in [4.78, 5) is 0. The molecule has 9 nitrogen and oxygen atoms in total. The molecule has 0 aromatic heterocycles. The standard InChI is InChI=1S/3C7H12O3/c3*1-4-2-9-7-5(8)3-10-6(4)7/h3*4-8H,2-3H2,1H3/t4-,5+,6+,7+;4-,5-,6+,7+;4-,5-,6-,7-/m001/s1. The Balaban J connectivity index is 0.000000109. The van der Waals surface area contributed by atoms with Crippen LogP contribution in [0.3, 0.4) is 0 Å². The van der Waals surface area contributed by atoms with Crippen LogP contribution in [-0.4, -0.2) is 110 Å². The molecule has 6 heterocycles. The predicted octanol–water partition coefficient (Wildman–Crippen LogP) is -0.657. The summed E-state index contributed by atoms with van der Waals surface area (Å²) in [5.74, 6) is 1.34. The van der Waals surface area contributed by atoms with Crippen LogP contribution in [0, 0.1) is 17.8 Å². The summed E-state index contributed by atoms with van der Waals surface area (Å²) >= 11 is 0. The van der Waals surface area contributed by atoms with Crippen LogP contribution in [0.1, 0.15) is 20.8 Å². The van der Waals surface area contributed by atoms with Gasteiger partial charge in [-0.05, 0) is 0 Å². The van der Waals surface area contributed by atoms with Crippen molar-refractivity contribution >= 4 is 0 Å². The molecule has 0 radical (unpaired) electrons. The zero-order valence-corrected chi connectivity index (χ0v) is 18.0. The lowest BCUT2D eigenvalue weighted by atomic mass is 10.0. The summed E-state index contributed by atoms with van der Waals surface area (Å²) in [6.45, 7) is 9.78. The Morgan fingerprint density at radius 3 is 0.867 bits per heavy atom. The van der Waals surface area contributed by atoms with E-state index in [0.717, 1.165) is 19.8 Å². The van der Waals surface area contributed by atoms with Crippen molar-refractivity contribution in [1.82, 2.24) is 0 Å². The number of fused-ring (bicyclic) bond motifs is 3. The van der Waals surface area contributed by atoms with Crippen LogP contribution in [0.5, 0.6) is 0 Å². The van der Waals surface area contributed by atoms with Crippen LogP contribution in [0.15, 0.2) is 0 Å². The Morgan fingerprint density at radius 2 is 0.633 bits per heavy atom. The molecule has 174 valence electrons. The lowest BCUT2D eigenvalue weighted by Crippen LogP contribution is -2.28. The van der Waals surface area contributed by atoms with Crippen molar-refractivity contribution in [3.05, 3.63) is 0 Å². The summed E-state index contributed by atoms with van der Waals surface area (Å²) < 4.78 is 32.0. The molecule has 0 bridgehead atoms. The zero-order chi connectivity index (χ0) is 21.4. The van der Waals surface area contributed by atoms with Gasteiger partial charge in [0, 0.05) is 17.8 Å². The zero-order valence-electron chi connectivity index (χ0n) is 18.0. The van der Waals surface area contributed by atoms with E-state index < -0.39 is 18.3 Å². The molecule has 0 spiro atoms. The molecule has 0 saturated carbocycles. The maximum Gasteiger partial charge on any atom is 0.112 e. The van der Waals surface area contributed by atoms with Gasteiger partial charge in [-0.3, -0.25) is 0 Å². The fraction of sp³-hybridized carbons (Fsp3) is 1.00. The van der Waals surface area contributed by atoms with Gasteiger partial charge < -0.3 is 43.7 Å². The molecule has 0 unspecified atom stereocenters. The lowest BCUT2D eigenvalue weighted by molar-refractivity contribution is 0.0173. The van der Waals surface area contributed by atoms with Crippen molar-refractivity contribution in [1.29, 1.82) is 0 Å². The minimum Gasteiger partial charge on any atom is -0.388 e. The molecule has 6 saturated heterocycles. The molecule has 6 aliphatic heterocycles. The molecule has 9 heteroatoms. The molecule has 6 rings (SSSR count). The van der Waals surface area contributed by atoms with Gasteiger partial charge >= 0.3 is 0 Å². The second-order valence-electron chi connectivity index (χ2n) is 9.42. The minimum absolute atomic E-state index is 0.0463. The second-order valence-corrected chi connectivity index (χ2v) is 9.42. The van der Waals surface area contributed by atoms with Crippen LogP contribution in [0.4, 0.5) is 0 Å². The van der Waals surface area contributed by atoms with Gasteiger partial charge in [-0.25, -0.2) is 0 Å². The Kier molecular flexibility index (Phi) is 7.33. The highest BCUT2D eigenvalue weighted by molar-refractivity contribution is 4.93. The van der Waals surface area contributed by atoms with E-state index in [0.29, 0.717) is 37.6 Å².